The molecule has 2 amide bonds. The highest BCUT2D eigenvalue weighted by atomic mass is 32.2. The monoisotopic (exact) mass is 384 g/mol. The molecule has 8 nitrogen and oxygen atoms in total. The standard InChI is InChI=1S/C18H20N6O2S/c1-19-17(26)14-11(21-15-12(27-2)4-3-7-20-15)8-13(23-24-14)22-16(25)10-9-18(10)5-6-18/h3-4,7-8,10H,5-6,9H2,1-2H3,(H,19,26)(H2,20,21,22,23,25)/t10-/m0/s1. The van der Waals surface area contributed by atoms with E-state index in [-0.39, 0.29) is 28.8 Å². The smallest absolute Gasteiger partial charge is 0.273 e. The molecule has 140 valence electrons. The molecule has 0 bridgehead atoms. The van der Waals surface area contributed by atoms with Gasteiger partial charge in [-0.25, -0.2) is 4.98 Å². The van der Waals surface area contributed by atoms with Gasteiger partial charge in [0.05, 0.1) is 5.69 Å². The molecule has 0 radical (unpaired) electrons. The molecule has 27 heavy (non-hydrogen) atoms. The third kappa shape index (κ3) is 3.46. The number of carbonyl (C=O) groups excluding carboxylic acids is 2. The van der Waals surface area contributed by atoms with Gasteiger partial charge in [0.2, 0.25) is 5.91 Å². The van der Waals surface area contributed by atoms with Crippen molar-refractivity contribution in [2.45, 2.75) is 24.2 Å². The number of pyridine rings is 1. The van der Waals surface area contributed by atoms with Crippen LogP contribution < -0.4 is 16.0 Å². The molecule has 3 N–H and O–H groups in total. The van der Waals surface area contributed by atoms with Gasteiger partial charge in [0.25, 0.3) is 5.91 Å². The van der Waals surface area contributed by atoms with Crippen molar-refractivity contribution in [1.29, 1.82) is 0 Å². The highest BCUT2D eigenvalue weighted by Gasteiger charge is 2.65. The molecule has 2 aromatic rings. The topological polar surface area (TPSA) is 109 Å². The number of carbonyl (C=O) groups is 2. The number of aromatic nitrogens is 3. The van der Waals surface area contributed by atoms with Crippen LogP contribution in [-0.4, -0.2) is 40.3 Å². The highest BCUT2D eigenvalue weighted by Crippen LogP contribution is 2.70. The Morgan fingerprint density at radius 3 is 2.78 bits per heavy atom. The minimum Gasteiger partial charge on any atom is -0.354 e. The van der Waals surface area contributed by atoms with Crippen LogP contribution in [0, 0.1) is 11.3 Å². The number of rotatable bonds is 6. The molecule has 2 heterocycles. The lowest BCUT2D eigenvalue weighted by Gasteiger charge is -2.13. The lowest BCUT2D eigenvalue weighted by molar-refractivity contribution is -0.117. The molecule has 1 spiro atoms. The second kappa shape index (κ2) is 6.80. The minimum atomic E-state index is -0.372. The van der Waals surface area contributed by atoms with E-state index < -0.39 is 0 Å². The summed E-state index contributed by atoms with van der Waals surface area (Å²) in [4.78, 5) is 29.8. The van der Waals surface area contributed by atoms with Gasteiger partial charge in [-0.2, -0.15) is 0 Å². The SMILES string of the molecule is CNC(=O)c1nnc(NC(=O)[C@@H]2CC23CC3)cc1Nc1ncccc1SC. The Bertz CT molecular complexity index is 914. The molecule has 2 fully saturated rings. The number of nitrogens with zero attached hydrogens (tertiary/aromatic N) is 3. The Balaban J connectivity index is 1.60. The van der Waals surface area contributed by atoms with Gasteiger partial charge in [0.1, 0.15) is 5.82 Å². The maximum absolute atomic E-state index is 12.4. The van der Waals surface area contributed by atoms with Gasteiger partial charge in [-0.05, 0) is 43.1 Å². The second-order valence-corrected chi connectivity index (χ2v) is 7.71. The fraction of sp³-hybridized carbons (Fsp3) is 0.389. The quantitative estimate of drug-likeness (QED) is 0.656. The summed E-state index contributed by atoms with van der Waals surface area (Å²) in [5.41, 5.74) is 0.839. The first kappa shape index (κ1) is 17.7. The molecule has 4 rings (SSSR count). The molecule has 9 heteroatoms. The van der Waals surface area contributed by atoms with E-state index >= 15 is 0 Å². The van der Waals surface area contributed by atoms with Gasteiger partial charge >= 0.3 is 0 Å². The Kier molecular flexibility index (Phi) is 4.47. The molecule has 0 aromatic carbocycles. The van der Waals surface area contributed by atoms with E-state index in [2.05, 4.69) is 31.1 Å². The molecule has 2 aliphatic carbocycles. The lowest BCUT2D eigenvalue weighted by Crippen LogP contribution is -2.23. The third-order valence-electron chi connectivity index (χ3n) is 5.13. The first-order valence-electron chi connectivity index (χ1n) is 8.73. The Labute approximate surface area is 160 Å². The first-order valence-corrected chi connectivity index (χ1v) is 9.95. The molecule has 0 saturated heterocycles. The van der Waals surface area contributed by atoms with Crippen LogP contribution in [0.15, 0.2) is 29.3 Å². The fourth-order valence-corrected chi connectivity index (χ4v) is 3.77. The average Bonchev–Trinajstić information content (AvgIpc) is 3.61. The molecular weight excluding hydrogens is 364 g/mol. The maximum atomic E-state index is 12.4. The number of anilines is 3. The lowest BCUT2D eigenvalue weighted by atomic mass is 10.2. The zero-order chi connectivity index (χ0) is 19.0. The van der Waals surface area contributed by atoms with Crippen molar-refractivity contribution in [3.63, 3.8) is 0 Å². The molecule has 2 saturated carbocycles. The Morgan fingerprint density at radius 1 is 1.30 bits per heavy atom. The van der Waals surface area contributed by atoms with Gasteiger partial charge in [-0.3, -0.25) is 9.59 Å². The zero-order valence-corrected chi connectivity index (χ0v) is 15.9. The summed E-state index contributed by atoms with van der Waals surface area (Å²) in [5.74, 6) is 0.610. The van der Waals surface area contributed by atoms with Crippen molar-refractivity contribution in [3.05, 3.63) is 30.1 Å². The van der Waals surface area contributed by atoms with E-state index in [0.29, 0.717) is 17.3 Å². The number of amides is 2. The minimum absolute atomic E-state index is 0.0249. The van der Waals surface area contributed by atoms with Crippen LogP contribution >= 0.6 is 11.8 Å². The van der Waals surface area contributed by atoms with Crippen molar-refractivity contribution in [2.24, 2.45) is 11.3 Å². The molecule has 0 unspecified atom stereocenters. The van der Waals surface area contributed by atoms with E-state index in [1.54, 1.807) is 12.3 Å². The van der Waals surface area contributed by atoms with Crippen molar-refractivity contribution >= 4 is 40.9 Å². The van der Waals surface area contributed by atoms with Crippen molar-refractivity contribution in [3.8, 4) is 0 Å². The molecule has 2 aliphatic rings. The summed E-state index contributed by atoms with van der Waals surface area (Å²) in [7, 11) is 1.53. The fourth-order valence-electron chi connectivity index (χ4n) is 3.26. The van der Waals surface area contributed by atoms with Crippen LogP contribution in [-0.2, 0) is 4.79 Å². The number of hydrogen-bond acceptors (Lipinski definition) is 7. The summed E-state index contributed by atoms with van der Waals surface area (Å²) in [6.07, 6.45) is 6.84. The first-order chi connectivity index (χ1) is 13.1. The van der Waals surface area contributed by atoms with Gasteiger partial charge in [-0.1, -0.05) is 0 Å². The van der Waals surface area contributed by atoms with Crippen LogP contribution in [0.2, 0.25) is 0 Å². The van der Waals surface area contributed by atoms with Crippen LogP contribution in [0.25, 0.3) is 0 Å². The second-order valence-electron chi connectivity index (χ2n) is 6.86. The summed E-state index contributed by atoms with van der Waals surface area (Å²) in [5, 5.41) is 16.5. The summed E-state index contributed by atoms with van der Waals surface area (Å²) < 4.78 is 0. The predicted molar refractivity (Wildman–Crippen MR) is 103 cm³/mol. The van der Waals surface area contributed by atoms with Crippen molar-refractivity contribution in [1.82, 2.24) is 20.5 Å². The van der Waals surface area contributed by atoms with Crippen LogP contribution in [0.5, 0.6) is 0 Å². The van der Waals surface area contributed by atoms with Crippen LogP contribution in [0.1, 0.15) is 29.8 Å². The predicted octanol–water partition coefficient (Wildman–Crippen LogP) is 2.44. The van der Waals surface area contributed by atoms with Gasteiger partial charge in [-0.15, -0.1) is 22.0 Å². The third-order valence-corrected chi connectivity index (χ3v) is 5.90. The highest BCUT2D eigenvalue weighted by molar-refractivity contribution is 7.98. The Morgan fingerprint density at radius 2 is 2.11 bits per heavy atom. The molecule has 2 aromatic heterocycles. The number of hydrogen-bond donors (Lipinski definition) is 3. The molecule has 0 aliphatic heterocycles. The van der Waals surface area contributed by atoms with E-state index in [1.165, 1.54) is 18.8 Å². The summed E-state index contributed by atoms with van der Waals surface area (Å²) in [6, 6.07) is 5.39. The van der Waals surface area contributed by atoms with Gasteiger partial charge < -0.3 is 16.0 Å². The van der Waals surface area contributed by atoms with Crippen molar-refractivity contribution < 1.29 is 9.59 Å². The normalized spacial score (nSPS) is 18.7. The molecular formula is C18H20N6O2S. The van der Waals surface area contributed by atoms with Gasteiger partial charge in [0.15, 0.2) is 11.5 Å². The summed E-state index contributed by atoms with van der Waals surface area (Å²) >= 11 is 1.54. The zero-order valence-electron chi connectivity index (χ0n) is 15.1. The van der Waals surface area contributed by atoms with Crippen LogP contribution in [0.3, 0.4) is 0 Å². The van der Waals surface area contributed by atoms with Crippen molar-refractivity contribution in [2.75, 3.05) is 23.9 Å². The van der Waals surface area contributed by atoms with Gasteiger partial charge in [0, 0.05) is 30.1 Å². The summed E-state index contributed by atoms with van der Waals surface area (Å²) in [6.45, 7) is 0. The Hall–Kier alpha value is -2.68. The average molecular weight is 384 g/mol. The number of nitrogens with one attached hydrogen (secondary N) is 3. The van der Waals surface area contributed by atoms with E-state index in [0.717, 1.165) is 24.2 Å². The largest absolute Gasteiger partial charge is 0.354 e. The van der Waals surface area contributed by atoms with E-state index in [9.17, 15) is 9.59 Å². The van der Waals surface area contributed by atoms with Crippen LogP contribution in [0.4, 0.5) is 17.3 Å². The molecule has 1 atom stereocenters. The van der Waals surface area contributed by atoms with E-state index in [1.807, 2.05) is 18.4 Å². The maximum Gasteiger partial charge on any atom is 0.273 e. The number of thioether (sulfide) groups is 1. The van der Waals surface area contributed by atoms with E-state index in [4.69, 9.17) is 0 Å².